The number of rotatable bonds is 3. The zero-order valence-corrected chi connectivity index (χ0v) is 13.5. The molecule has 1 aliphatic heterocycles. The van der Waals surface area contributed by atoms with Crippen molar-refractivity contribution >= 4 is 35.8 Å². The standard InChI is InChI=1S/C11H14BrNO4S2/c1-8-2-3-9(12)6-11(8)19(16,17)13-10-4-5-18(14,15)7-10/h2-3,6,10,13H,4-5,7H2,1H3/t10-/m1/s1. The first-order chi connectivity index (χ1) is 8.70. The van der Waals surface area contributed by atoms with Gasteiger partial charge < -0.3 is 0 Å². The van der Waals surface area contributed by atoms with E-state index >= 15 is 0 Å². The maximum atomic E-state index is 12.2. The van der Waals surface area contributed by atoms with E-state index in [4.69, 9.17) is 0 Å². The van der Waals surface area contributed by atoms with Crippen molar-refractivity contribution in [3.63, 3.8) is 0 Å². The third-order valence-corrected chi connectivity index (χ3v) is 6.92. The van der Waals surface area contributed by atoms with Gasteiger partial charge in [0.1, 0.15) is 0 Å². The molecule has 1 aromatic carbocycles. The van der Waals surface area contributed by atoms with Crippen LogP contribution in [0.2, 0.25) is 0 Å². The summed E-state index contributed by atoms with van der Waals surface area (Å²) in [5, 5.41) is 0. The second-order valence-corrected chi connectivity index (χ2v) is 9.46. The molecule has 1 N–H and O–H groups in total. The number of nitrogens with one attached hydrogen (secondary N) is 1. The van der Waals surface area contributed by atoms with Gasteiger partial charge in [0.05, 0.1) is 16.4 Å². The molecule has 5 nitrogen and oxygen atoms in total. The van der Waals surface area contributed by atoms with Crippen molar-refractivity contribution in [1.82, 2.24) is 4.72 Å². The van der Waals surface area contributed by atoms with Crippen LogP contribution in [0.1, 0.15) is 12.0 Å². The molecular formula is C11H14BrNO4S2. The van der Waals surface area contributed by atoms with Gasteiger partial charge in [-0.25, -0.2) is 21.6 Å². The highest BCUT2D eigenvalue weighted by atomic mass is 79.9. The summed E-state index contributed by atoms with van der Waals surface area (Å²) in [6.45, 7) is 1.70. The summed E-state index contributed by atoms with van der Waals surface area (Å²) in [6, 6.07) is 4.44. The van der Waals surface area contributed by atoms with Crippen molar-refractivity contribution < 1.29 is 16.8 Å². The second-order valence-electron chi connectivity index (χ2n) is 4.63. The first kappa shape index (κ1) is 15.0. The zero-order chi connectivity index (χ0) is 14.3. The van der Waals surface area contributed by atoms with Gasteiger partial charge in [-0.1, -0.05) is 22.0 Å². The van der Waals surface area contributed by atoms with Crippen molar-refractivity contribution in [3.8, 4) is 0 Å². The molecule has 1 heterocycles. The number of aryl methyl sites for hydroxylation is 1. The first-order valence-electron chi connectivity index (χ1n) is 5.68. The van der Waals surface area contributed by atoms with Gasteiger partial charge in [0.2, 0.25) is 10.0 Å². The summed E-state index contributed by atoms with van der Waals surface area (Å²) in [7, 11) is -6.80. The lowest BCUT2D eigenvalue weighted by molar-refractivity contribution is 0.562. The van der Waals surface area contributed by atoms with Gasteiger partial charge in [-0.2, -0.15) is 0 Å². The molecule has 2 rings (SSSR count). The lowest BCUT2D eigenvalue weighted by atomic mass is 10.2. The molecule has 0 aliphatic carbocycles. The van der Waals surface area contributed by atoms with Crippen LogP contribution >= 0.6 is 15.9 Å². The van der Waals surface area contributed by atoms with Crippen LogP contribution in [0, 0.1) is 6.92 Å². The van der Waals surface area contributed by atoms with Crippen molar-refractivity contribution in [2.75, 3.05) is 11.5 Å². The van der Waals surface area contributed by atoms with E-state index in [1.807, 2.05) is 0 Å². The molecule has 0 saturated carbocycles. The van der Waals surface area contributed by atoms with Crippen LogP contribution in [0.4, 0.5) is 0 Å². The Morgan fingerprint density at radius 2 is 2.05 bits per heavy atom. The minimum Gasteiger partial charge on any atom is -0.229 e. The van der Waals surface area contributed by atoms with Crippen molar-refractivity contribution in [2.24, 2.45) is 0 Å². The smallest absolute Gasteiger partial charge is 0.229 e. The molecular weight excluding hydrogens is 354 g/mol. The Hall–Kier alpha value is -0.440. The Kier molecular flexibility index (Phi) is 4.06. The largest absolute Gasteiger partial charge is 0.241 e. The molecule has 1 saturated heterocycles. The van der Waals surface area contributed by atoms with E-state index in [1.165, 1.54) is 6.07 Å². The lowest BCUT2D eigenvalue weighted by Gasteiger charge is -2.13. The number of hydrogen-bond donors (Lipinski definition) is 1. The van der Waals surface area contributed by atoms with Crippen LogP contribution in [0.25, 0.3) is 0 Å². The van der Waals surface area contributed by atoms with E-state index in [2.05, 4.69) is 20.7 Å². The van der Waals surface area contributed by atoms with Gasteiger partial charge >= 0.3 is 0 Å². The van der Waals surface area contributed by atoms with Crippen LogP contribution in [-0.4, -0.2) is 34.4 Å². The molecule has 19 heavy (non-hydrogen) atoms. The molecule has 1 atom stereocenters. The maximum absolute atomic E-state index is 12.2. The van der Waals surface area contributed by atoms with Crippen LogP contribution in [0.15, 0.2) is 27.6 Å². The first-order valence-corrected chi connectivity index (χ1v) is 9.78. The zero-order valence-electron chi connectivity index (χ0n) is 10.3. The Bertz CT molecular complexity index is 697. The van der Waals surface area contributed by atoms with Gasteiger partial charge in [-0.15, -0.1) is 0 Å². The summed E-state index contributed by atoms with van der Waals surface area (Å²) in [5.74, 6) is -0.0864. The fraction of sp³-hybridized carbons (Fsp3) is 0.455. The van der Waals surface area contributed by atoms with E-state index in [0.717, 1.165) is 0 Å². The molecule has 0 unspecified atom stereocenters. The van der Waals surface area contributed by atoms with Crippen LogP contribution in [0.5, 0.6) is 0 Å². The molecule has 1 aliphatic rings. The predicted octanol–water partition coefficient (Wildman–Crippen LogP) is 1.22. The highest BCUT2D eigenvalue weighted by molar-refractivity contribution is 9.10. The van der Waals surface area contributed by atoms with Crippen LogP contribution < -0.4 is 4.72 Å². The SMILES string of the molecule is Cc1ccc(Br)cc1S(=O)(=O)N[C@@H]1CCS(=O)(=O)C1. The van der Waals surface area contributed by atoms with E-state index in [1.54, 1.807) is 19.1 Å². The molecule has 0 spiro atoms. The minimum atomic E-state index is -3.69. The number of hydrogen-bond acceptors (Lipinski definition) is 4. The fourth-order valence-corrected chi connectivity index (χ4v) is 5.87. The Balaban J connectivity index is 2.26. The van der Waals surface area contributed by atoms with Gasteiger partial charge in [-0.3, -0.25) is 0 Å². The molecule has 1 aromatic rings. The predicted molar refractivity (Wildman–Crippen MR) is 76.3 cm³/mol. The molecule has 0 radical (unpaired) electrons. The normalized spacial score (nSPS) is 22.5. The van der Waals surface area contributed by atoms with E-state index in [9.17, 15) is 16.8 Å². The highest BCUT2D eigenvalue weighted by Gasteiger charge is 2.31. The number of halogens is 1. The molecule has 8 heteroatoms. The second kappa shape index (κ2) is 5.16. The number of benzene rings is 1. The molecule has 106 valence electrons. The lowest BCUT2D eigenvalue weighted by Crippen LogP contribution is -2.35. The van der Waals surface area contributed by atoms with E-state index in [-0.39, 0.29) is 16.4 Å². The topological polar surface area (TPSA) is 80.3 Å². The van der Waals surface area contributed by atoms with Gasteiger partial charge in [0.15, 0.2) is 9.84 Å². The van der Waals surface area contributed by atoms with E-state index in [0.29, 0.717) is 16.5 Å². The van der Waals surface area contributed by atoms with Crippen LogP contribution in [0.3, 0.4) is 0 Å². The van der Waals surface area contributed by atoms with E-state index < -0.39 is 25.9 Å². The average molecular weight is 368 g/mol. The summed E-state index contributed by atoms with van der Waals surface area (Å²) in [6.07, 6.45) is 0.328. The summed E-state index contributed by atoms with van der Waals surface area (Å²) in [4.78, 5) is 0.172. The third-order valence-electron chi connectivity index (χ3n) is 2.99. The van der Waals surface area contributed by atoms with Gasteiger partial charge in [0, 0.05) is 10.5 Å². The highest BCUT2D eigenvalue weighted by Crippen LogP contribution is 2.22. The third kappa shape index (κ3) is 3.56. The fourth-order valence-electron chi connectivity index (χ4n) is 2.03. The molecule has 1 fully saturated rings. The molecule has 0 bridgehead atoms. The maximum Gasteiger partial charge on any atom is 0.241 e. The van der Waals surface area contributed by atoms with Crippen molar-refractivity contribution in [3.05, 3.63) is 28.2 Å². The van der Waals surface area contributed by atoms with Gasteiger partial charge in [0.25, 0.3) is 0 Å². The Labute approximate surface area is 121 Å². The summed E-state index contributed by atoms with van der Waals surface area (Å²) < 4.78 is 50.3. The van der Waals surface area contributed by atoms with Gasteiger partial charge in [-0.05, 0) is 31.0 Å². The number of sulfone groups is 1. The van der Waals surface area contributed by atoms with Crippen molar-refractivity contribution in [1.29, 1.82) is 0 Å². The minimum absolute atomic E-state index is 0.0393. The summed E-state index contributed by atoms with van der Waals surface area (Å²) >= 11 is 3.23. The Morgan fingerprint density at radius 1 is 1.37 bits per heavy atom. The van der Waals surface area contributed by atoms with Crippen LogP contribution in [-0.2, 0) is 19.9 Å². The monoisotopic (exact) mass is 367 g/mol. The summed E-state index contributed by atoms with van der Waals surface area (Å²) in [5.41, 5.74) is 0.622. The molecule has 0 aromatic heterocycles. The Morgan fingerprint density at radius 3 is 2.63 bits per heavy atom. The van der Waals surface area contributed by atoms with Crippen molar-refractivity contribution in [2.45, 2.75) is 24.3 Å². The quantitative estimate of drug-likeness (QED) is 0.870. The molecule has 0 amide bonds. The average Bonchev–Trinajstić information content (AvgIpc) is 2.60. The number of sulfonamides is 1.